The Bertz CT molecular complexity index is 769. The number of aromatic nitrogens is 2. The number of benzene rings is 1. The number of fused-ring (bicyclic) bond motifs is 1. The number of nitrogens with two attached hydrogens (primary N) is 1. The fourth-order valence-corrected chi connectivity index (χ4v) is 2.76. The smallest absolute Gasteiger partial charge is 0.150 e. The molecule has 3 N–H and O–H groups in total. The molecule has 102 valence electrons. The number of anilines is 2. The highest BCUT2D eigenvalue weighted by molar-refractivity contribution is 7.09. The van der Waals surface area contributed by atoms with Gasteiger partial charge in [-0.15, -0.1) is 11.3 Å². The van der Waals surface area contributed by atoms with Crippen molar-refractivity contribution in [2.75, 3.05) is 11.1 Å². The van der Waals surface area contributed by atoms with Crippen molar-refractivity contribution in [2.45, 2.75) is 13.5 Å². The van der Waals surface area contributed by atoms with Gasteiger partial charge in [-0.2, -0.15) is 0 Å². The van der Waals surface area contributed by atoms with Crippen molar-refractivity contribution in [3.8, 4) is 0 Å². The Morgan fingerprint density at radius 3 is 3.05 bits per heavy atom. The number of rotatable bonds is 3. The van der Waals surface area contributed by atoms with Gasteiger partial charge in [0.2, 0.25) is 0 Å². The molecule has 0 saturated carbocycles. The van der Waals surface area contributed by atoms with E-state index in [0.29, 0.717) is 23.4 Å². The number of nitrogens with one attached hydrogen (secondary N) is 1. The Hall–Kier alpha value is -2.21. The average Bonchev–Trinajstić information content (AvgIpc) is 2.84. The van der Waals surface area contributed by atoms with Gasteiger partial charge in [0.05, 0.1) is 17.7 Å². The molecule has 0 bridgehead atoms. The van der Waals surface area contributed by atoms with Crippen LogP contribution in [0.15, 0.2) is 29.8 Å². The fourth-order valence-electron chi connectivity index (χ4n) is 2.05. The van der Waals surface area contributed by atoms with Gasteiger partial charge in [-0.3, -0.25) is 4.98 Å². The Kier molecular flexibility index (Phi) is 3.23. The molecule has 0 unspecified atom stereocenters. The standard InChI is InChI=1S/C14H13FN4S/c1-8-7-20-12(19-8)6-18-14-10(15)5-11(16)9-3-2-4-17-13(9)14/h2-5,7,18H,6,16H2,1H3. The highest BCUT2D eigenvalue weighted by atomic mass is 32.1. The second kappa shape index (κ2) is 5.05. The number of hydrogen-bond acceptors (Lipinski definition) is 5. The van der Waals surface area contributed by atoms with Crippen LogP contribution in [0.5, 0.6) is 0 Å². The van der Waals surface area contributed by atoms with Crippen LogP contribution in [0.3, 0.4) is 0 Å². The minimum absolute atomic E-state index is 0.364. The van der Waals surface area contributed by atoms with Crippen LogP contribution in [0.2, 0.25) is 0 Å². The normalized spacial score (nSPS) is 10.9. The second-order valence-corrected chi connectivity index (χ2v) is 5.40. The van der Waals surface area contributed by atoms with Gasteiger partial charge in [0.25, 0.3) is 0 Å². The molecule has 3 aromatic rings. The zero-order valence-corrected chi connectivity index (χ0v) is 11.7. The lowest BCUT2D eigenvalue weighted by molar-refractivity contribution is 0.632. The van der Waals surface area contributed by atoms with E-state index >= 15 is 0 Å². The van der Waals surface area contributed by atoms with Crippen molar-refractivity contribution in [3.63, 3.8) is 0 Å². The van der Waals surface area contributed by atoms with E-state index in [4.69, 9.17) is 5.73 Å². The van der Waals surface area contributed by atoms with Gasteiger partial charge in [-0.25, -0.2) is 9.37 Å². The first-order valence-electron chi connectivity index (χ1n) is 6.12. The minimum Gasteiger partial charge on any atom is -0.398 e. The van der Waals surface area contributed by atoms with Gasteiger partial charge in [0.15, 0.2) is 5.82 Å². The van der Waals surface area contributed by atoms with Crippen LogP contribution in [-0.4, -0.2) is 9.97 Å². The Morgan fingerprint density at radius 2 is 2.30 bits per heavy atom. The third kappa shape index (κ3) is 2.30. The molecule has 4 nitrogen and oxygen atoms in total. The van der Waals surface area contributed by atoms with E-state index in [-0.39, 0.29) is 0 Å². The van der Waals surface area contributed by atoms with E-state index < -0.39 is 5.82 Å². The van der Waals surface area contributed by atoms with E-state index in [9.17, 15) is 4.39 Å². The third-order valence-corrected chi connectivity index (χ3v) is 3.93. The number of nitrogens with zero attached hydrogens (tertiary/aromatic N) is 2. The van der Waals surface area contributed by atoms with Gasteiger partial charge in [-0.1, -0.05) is 0 Å². The van der Waals surface area contributed by atoms with Crippen LogP contribution in [0.25, 0.3) is 10.9 Å². The highest BCUT2D eigenvalue weighted by Crippen LogP contribution is 2.30. The summed E-state index contributed by atoms with van der Waals surface area (Å²) in [5.41, 5.74) is 8.08. The monoisotopic (exact) mass is 288 g/mol. The topological polar surface area (TPSA) is 63.8 Å². The maximum absolute atomic E-state index is 14.1. The molecule has 6 heteroatoms. The van der Waals surface area contributed by atoms with Crippen molar-refractivity contribution >= 4 is 33.6 Å². The van der Waals surface area contributed by atoms with Crippen LogP contribution < -0.4 is 11.1 Å². The van der Waals surface area contributed by atoms with Crippen molar-refractivity contribution in [3.05, 3.63) is 46.3 Å². The molecule has 2 aromatic heterocycles. The number of halogens is 1. The number of thiazole rings is 1. The van der Waals surface area contributed by atoms with Crippen molar-refractivity contribution in [1.29, 1.82) is 0 Å². The van der Waals surface area contributed by atoms with Gasteiger partial charge in [-0.05, 0) is 25.1 Å². The molecule has 1 aromatic carbocycles. The second-order valence-electron chi connectivity index (χ2n) is 4.46. The van der Waals surface area contributed by atoms with Crippen molar-refractivity contribution in [1.82, 2.24) is 9.97 Å². The zero-order chi connectivity index (χ0) is 14.1. The Labute approximate surface area is 119 Å². The molecule has 0 amide bonds. The highest BCUT2D eigenvalue weighted by Gasteiger charge is 2.12. The molecule has 0 fully saturated rings. The summed E-state index contributed by atoms with van der Waals surface area (Å²) in [6, 6.07) is 4.93. The lowest BCUT2D eigenvalue weighted by Crippen LogP contribution is -2.04. The largest absolute Gasteiger partial charge is 0.398 e. The van der Waals surface area contributed by atoms with E-state index in [0.717, 1.165) is 16.1 Å². The van der Waals surface area contributed by atoms with Crippen molar-refractivity contribution in [2.24, 2.45) is 0 Å². The van der Waals surface area contributed by atoms with E-state index in [1.165, 1.54) is 6.07 Å². The summed E-state index contributed by atoms with van der Waals surface area (Å²) in [5, 5.41) is 6.68. The predicted molar refractivity (Wildman–Crippen MR) is 80.3 cm³/mol. The maximum atomic E-state index is 14.1. The third-order valence-electron chi connectivity index (χ3n) is 2.96. The summed E-state index contributed by atoms with van der Waals surface area (Å²) in [5.74, 6) is -0.401. The minimum atomic E-state index is -0.401. The SMILES string of the molecule is Cc1csc(CNc2c(F)cc(N)c3cccnc23)n1. The van der Waals surface area contributed by atoms with E-state index in [1.807, 2.05) is 18.4 Å². The number of aryl methyl sites for hydroxylation is 1. The first-order valence-corrected chi connectivity index (χ1v) is 7.00. The molecule has 0 saturated heterocycles. The molecule has 0 atom stereocenters. The molecule has 0 aliphatic carbocycles. The molecule has 0 aliphatic rings. The fraction of sp³-hybridized carbons (Fsp3) is 0.143. The summed E-state index contributed by atoms with van der Waals surface area (Å²) < 4.78 is 14.1. The van der Waals surface area contributed by atoms with Gasteiger partial charge < -0.3 is 11.1 Å². The first-order chi connectivity index (χ1) is 9.65. The molecule has 2 heterocycles. The molecular formula is C14H13FN4S. The molecule has 0 spiro atoms. The lowest BCUT2D eigenvalue weighted by atomic mass is 10.1. The Morgan fingerprint density at radius 1 is 1.45 bits per heavy atom. The first kappa shape index (κ1) is 12.8. The Balaban J connectivity index is 1.98. The van der Waals surface area contributed by atoms with Gasteiger partial charge in [0.1, 0.15) is 5.01 Å². The number of hydrogen-bond donors (Lipinski definition) is 2. The molecule has 0 aliphatic heterocycles. The van der Waals surface area contributed by atoms with Crippen molar-refractivity contribution < 1.29 is 4.39 Å². The van der Waals surface area contributed by atoms with Crippen LogP contribution in [0.1, 0.15) is 10.7 Å². The summed E-state index contributed by atoms with van der Waals surface area (Å²) in [4.78, 5) is 8.56. The summed E-state index contributed by atoms with van der Waals surface area (Å²) >= 11 is 1.54. The molecule has 3 rings (SSSR count). The maximum Gasteiger partial charge on any atom is 0.150 e. The number of pyridine rings is 1. The molecule has 0 radical (unpaired) electrons. The van der Waals surface area contributed by atoms with Gasteiger partial charge >= 0.3 is 0 Å². The summed E-state index contributed by atoms with van der Waals surface area (Å²) in [7, 11) is 0. The molecule has 20 heavy (non-hydrogen) atoms. The average molecular weight is 288 g/mol. The predicted octanol–water partition coefficient (Wildman–Crippen LogP) is 3.33. The summed E-state index contributed by atoms with van der Waals surface area (Å²) in [6.45, 7) is 2.39. The van der Waals surface area contributed by atoms with Crippen LogP contribution in [0, 0.1) is 12.7 Å². The van der Waals surface area contributed by atoms with Gasteiger partial charge in [0, 0.05) is 28.3 Å². The van der Waals surface area contributed by atoms with E-state index in [1.54, 1.807) is 23.6 Å². The van der Waals surface area contributed by atoms with Crippen LogP contribution >= 0.6 is 11.3 Å². The van der Waals surface area contributed by atoms with Crippen LogP contribution in [0.4, 0.5) is 15.8 Å². The van der Waals surface area contributed by atoms with Crippen LogP contribution in [-0.2, 0) is 6.54 Å². The number of nitrogen functional groups attached to an aromatic ring is 1. The zero-order valence-electron chi connectivity index (χ0n) is 10.9. The lowest BCUT2D eigenvalue weighted by Gasteiger charge is -2.10. The summed E-state index contributed by atoms with van der Waals surface area (Å²) in [6.07, 6.45) is 1.62. The molecular weight excluding hydrogens is 275 g/mol. The van der Waals surface area contributed by atoms with E-state index in [2.05, 4.69) is 15.3 Å². The quantitative estimate of drug-likeness (QED) is 0.726.